The molecule has 3 N–H and O–H groups in total. The molecule has 0 aliphatic carbocycles. The Morgan fingerprint density at radius 1 is 0.875 bits per heavy atom. The molecule has 0 aliphatic heterocycles. The normalized spacial score (nSPS) is 11.0. The molecule has 0 heterocycles. The third-order valence-electron chi connectivity index (χ3n) is 4.68. The highest BCUT2D eigenvalue weighted by molar-refractivity contribution is 7.92. The van der Waals surface area contributed by atoms with Gasteiger partial charge in [-0.1, -0.05) is 18.2 Å². The molecule has 32 heavy (non-hydrogen) atoms. The molecule has 0 saturated heterocycles. The molecule has 0 aliphatic rings. The summed E-state index contributed by atoms with van der Waals surface area (Å²) in [6.07, 6.45) is 0. The number of nitrogens with one attached hydrogen (secondary N) is 3. The van der Waals surface area contributed by atoms with Crippen molar-refractivity contribution >= 4 is 33.2 Å². The molecular formula is C23H22FN3O4S. The number of halogens is 1. The molecule has 0 bridgehead atoms. The van der Waals surface area contributed by atoms with E-state index in [1.807, 2.05) is 32.0 Å². The fraction of sp³-hybridized carbons (Fsp3) is 0.130. The topological polar surface area (TPSA) is 104 Å². The summed E-state index contributed by atoms with van der Waals surface area (Å²) in [5.41, 5.74) is 2.94. The lowest BCUT2D eigenvalue weighted by Gasteiger charge is -2.12. The molecule has 166 valence electrons. The number of carbonyl (C=O) groups excluding carboxylic acids is 2. The Morgan fingerprint density at radius 2 is 1.47 bits per heavy atom. The zero-order valence-corrected chi connectivity index (χ0v) is 18.3. The minimum absolute atomic E-state index is 0.0638. The maximum Gasteiger partial charge on any atom is 0.261 e. The van der Waals surface area contributed by atoms with E-state index in [0.717, 1.165) is 23.3 Å². The SMILES string of the molecule is Cc1cccc(C)c1NC(=O)CNC(=O)c1ccc(S(=O)(=O)Nc2ccc(F)cc2)cc1. The lowest BCUT2D eigenvalue weighted by Crippen LogP contribution is -2.33. The number of aryl methyl sites for hydroxylation is 2. The molecule has 2 amide bonds. The minimum Gasteiger partial charge on any atom is -0.343 e. The molecule has 0 saturated carbocycles. The van der Waals surface area contributed by atoms with E-state index in [1.54, 1.807) is 0 Å². The highest BCUT2D eigenvalue weighted by Gasteiger charge is 2.16. The van der Waals surface area contributed by atoms with E-state index in [9.17, 15) is 22.4 Å². The van der Waals surface area contributed by atoms with Crippen LogP contribution in [-0.4, -0.2) is 26.8 Å². The van der Waals surface area contributed by atoms with Crippen molar-refractivity contribution in [3.8, 4) is 0 Å². The zero-order chi connectivity index (χ0) is 23.3. The van der Waals surface area contributed by atoms with Crippen molar-refractivity contribution in [1.29, 1.82) is 0 Å². The van der Waals surface area contributed by atoms with E-state index in [2.05, 4.69) is 15.4 Å². The molecule has 0 aromatic heterocycles. The van der Waals surface area contributed by atoms with Crippen molar-refractivity contribution in [3.05, 3.63) is 89.2 Å². The van der Waals surface area contributed by atoms with Crippen molar-refractivity contribution in [1.82, 2.24) is 5.32 Å². The molecular weight excluding hydrogens is 433 g/mol. The second-order valence-corrected chi connectivity index (χ2v) is 8.82. The van der Waals surface area contributed by atoms with E-state index in [4.69, 9.17) is 0 Å². The van der Waals surface area contributed by atoms with E-state index < -0.39 is 21.7 Å². The third-order valence-corrected chi connectivity index (χ3v) is 6.08. The van der Waals surface area contributed by atoms with Gasteiger partial charge in [0.05, 0.1) is 11.4 Å². The van der Waals surface area contributed by atoms with Gasteiger partial charge in [0.2, 0.25) is 5.91 Å². The van der Waals surface area contributed by atoms with Crippen LogP contribution in [0.15, 0.2) is 71.6 Å². The number of benzene rings is 3. The summed E-state index contributed by atoms with van der Waals surface area (Å²) in [7, 11) is -3.91. The Morgan fingerprint density at radius 3 is 2.06 bits per heavy atom. The quantitative estimate of drug-likeness (QED) is 0.506. The van der Waals surface area contributed by atoms with Crippen LogP contribution in [0.25, 0.3) is 0 Å². The summed E-state index contributed by atoms with van der Waals surface area (Å²) in [4.78, 5) is 24.5. The summed E-state index contributed by atoms with van der Waals surface area (Å²) in [5.74, 6) is -1.37. The average molecular weight is 456 g/mol. The Labute approximate surface area is 185 Å². The lowest BCUT2D eigenvalue weighted by atomic mass is 10.1. The van der Waals surface area contributed by atoms with Crippen LogP contribution in [-0.2, 0) is 14.8 Å². The van der Waals surface area contributed by atoms with Crippen LogP contribution >= 0.6 is 0 Å². The highest BCUT2D eigenvalue weighted by atomic mass is 32.2. The average Bonchev–Trinajstić information content (AvgIpc) is 2.76. The van der Waals surface area contributed by atoms with Gasteiger partial charge in [0, 0.05) is 16.9 Å². The van der Waals surface area contributed by atoms with E-state index >= 15 is 0 Å². The standard InChI is InChI=1S/C23H22FN3O4S/c1-15-4-3-5-16(2)22(15)26-21(28)14-25-23(29)17-6-12-20(13-7-17)32(30,31)27-19-10-8-18(24)9-11-19/h3-13,27H,14H2,1-2H3,(H,25,29)(H,26,28). The van der Waals surface area contributed by atoms with Gasteiger partial charge in [-0.2, -0.15) is 0 Å². The van der Waals surface area contributed by atoms with E-state index in [-0.39, 0.29) is 28.6 Å². The monoisotopic (exact) mass is 455 g/mol. The largest absolute Gasteiger partial charge is 0.343 e. The number of hydrogen-bond acceptors (Lipinski definition) is 4. The molecule has 0 radical (unpaired) electrons. The maximum atomic E-state index is 13.0. The Hall–Kier alpha value is -3.72. The molecule has 9 heteroatoms. The van der Waals surface area contributed by atoms with Crippen LogP contribution in [0.2, 0.25) is 0 Å². The molecule has 7 nitrogen and oxygen atoms in total. The number of amides is 2. The Balaban J connectivity index is 1.59. The molecule has 3 aromatic carbocycles. The van der Waals surface area contributed by atoms with Gasteiger partial charge >= 0.3 is 0 Å². The smallest absolute Gasteiger partial charge is 0.261 e. The summed E-state index contributed by atoms with van der Waals surface area (Å²) in [6.45, 7) is 3.52. The summed E-state index contributed by atoms with van der Waals surface area (Å²) in [6, 6.07) is 15.8. The maximum absolute atomic E-state index is 13.0. The number of sulfonamides is 1. The molecule has 0 unspecified atom stereocenters. The van der Waals surface area contributed by atoms with Gasteiger partial charge in [-0.25, -0.2) is 12.8 Å². The van der Waals surface area contributed by atoms with Crippen molar-refractivity contribution in [2.75, 3.05) is 16.6 Å². The first-order valence-electron chi connectivity index (χ1n) is 9.68. The number of para-hydroxylation sites is 1. The highest BCUT2D eigenvalue weighted by Crippen LogP contribution is 2.19. The molecule has 3 aromatic rings. The number of anilines is 2. The molecule has 0 atom stereocenters. The number of carbonyl (C=O) groups is 2. The van der Waals surface area contributed by atoms with Crippen molar-refractivity contribution < 1.29 is 22.4 Å². The van der Waals surface area contributed by atoms with Gasteiger partial charge in [0.25, 0.3) is 15.9 Å². The summed E-state index contributed by atoms with van der Waals surface area (Å²) >= 11 is 0. The Bertz CT molecular complexity index is 1220. The fourth-order valence-corrected chi connectivity index (χ4v) is 4.03. The van der Waals surface area contributed by atoms with Gasteiger partial charge in [0.15, 0.2) is 0 Å². The van der Waals surface area contributed by atoms with Crippen LogP contribution in [0.4, 0.5) is 15.8 Å². The van der Waals surface area contributed by atoms with Crippen LogP contribution in [0.5, 0.6) is 0 Å². The second-order valence-electron chi connectivity index (χ2n) is 7.13. The minimum atomic E-state index is -3.91. The van der Waals surface area contributed by atoms with Crippen LogP contribution in [0.3, 0.4) is 0 Å². The molecule has 0 fully saturated rings. The van der Waals surface area contributed by atoms with Crippen molar-refractivity contribution in [2.24, 2.45) is 0 Å². The van der Waals surface area contributed by atoms with Crippen LogP contribution < -0.4 is 15.4 Å². The predicted molar refractivity (Wildman–Crippen MR) is 121 cm³/mol. The summed E-state index contributed by atoms with van der Waals surface area (Å²) in [5, 5.41) is 5.29. The number of hydrogen-bond donors (Lipinski definition) is 3. The third kappa shape index (κ3) is 5.70. The number of rotatable bonds is 7. The van der Waals surface area contributed by atoms with Crippen LogP contribution in [0, 0.1) is 19.7 Å². The van der Waals surface area contributed by atoms with Gasteiger partial charge in [0.1, 0.15) is 5.82 Å². The van der Waals surface area contributed by atoms with Crippen LogP contribution in [0.1, 0.15) is 21.5 Å². The van der Waals surface area contributed by atoms with E-state index in [0.29, 0.717) is 5.69 Å². The fourth-order valence-electron chi connectivity index (χ4n) is 2.98. The van der Waals surface area contributed by atoms with Gasteiger partial charge in [-0.05, 0) is 73.5 Å². The molecule has 0 spiro atoms. The second kappa shape index (κ2) is 9.61. The zero-order valence-electron chi connectivity index (χ0n) is 17.5. The van der Waals surface area contributed by atoms with Crippen molar-refractivity contribution in [2.45, 2.75) is 18.7 Å². The first-order chi connectivity index (χ1) is 15.2. The van der Waals surface area contributed by atoms with Crippen molar-refractivity contribution in [3.63, 3.8) is 0 Å². The summed E-state index contributed by atoms with van der Waals surface area (Å²) < 4.78 is 40.2. The lowest BCUT2D eigenvalue weighted by molar-refractivity contribution is -0.115. The van der Waals surface area contributed by atoms with E-state index in [1.165, 1.54) is 36.4 Å². The predicted octanol–water partition coefficient (Wildman–Crippen LogP) is 3.61. The first-order valence-corrected chi connectivity index (χ1v) is 11.2. The van der Waals surface area contributed by atoms with Gasteiger partial charge in [-0.15, -0.1) is 0 Å². The molecule has 3 rings (SSSR count). The van der Waals surface area contributed by atoms with Gasteiger partial charge in [-0.3, -0.25) is 14.3 Å². The Kier molecular flexibility index (Phi) is 6.89. The van der Waals surface area contributed by atoms with Gasteiger partial charge < -0.3 is 10.6 Å². The first kappa shape index (κ1) is 23.0.